The Kier molecular flexibility index (Phi) is 5.44. The van der Waals surface area contributed by atoms with Crippen molar-refractivity contribution < 1.29 is 9.59 Å². The molecule has 3 rings (SSSR count). The van der Waals surface area contributed by atoms with Crippen molar-refractivity contribution in [1.29, 1.82) is 0 Å². The van der Waals surface area contributed by atoms with Gasteiger partial charge in [-0.3, -0.25) is 14.5 Å². The molecule has 1 aliphatic rings. The molecule has 2 aromatic rings. The average molecular weight is 296 g/mol. The van der Waals surface area contributed by atoms with Crippen molar-refractivity contribution in [2.45, 2.75) is 6.42 Å². The molecule has 22 heavy (non-hydrogen) atoms. The van der Waals surface area contributed by atoms with Crippen LogP contribution in [0.3, 0.4) is 0 Å². The lowest BCUT2D eigenvalue weighted by molar-refractivity contribution is 0.0656. The third-order valence-electron chi connectivity index (χ3n) is 3.35. The fraction of sp³-hybridized carbons (Fsp3) is 0.222. The number of nitrogens with one attached hydrogen (secondary N) is 1. The number of fused-ring (bicyclic) bond motifs is 1. The molecule has 0 saturated heterocycles. The van der Waals surface area contributed by atoms with Gasteiger partial charge < -0.3 is 5.32 Å². The number of amides is 2. The minimum absolute atomic E-state index is 0.184. The van der Waals surface area contributed by atoms with E-state index in [1.807, 2.05) is 44.4 Å². The van der Waals surface area contributed by atoms with Crippen molar-refractivity contribution >= 4 is 11.8 Å². The third-order valence-corrected chi connectivity index (χ3v) is 3.35. The van der Waals surface area contributed by atoms with E-state index in [-0.39, 0.29) is 11.8 Å². The van der Waals surface area contributed by atoms with Gasteiger partial charge in [0.1, 0.15) is 0 Å². The molecule has 0 unspecified atom stereocenters. The molecule has 2 amide bonds. The molecule has 0 atom stereocenters. The first kappa shape index (κ1) is 15.9. The highest BCUT2D eigenvalue weighted by molar-refractivity contribution is 6.21. The number of imide groups is 1. The maximum absolute atomic E-state index is 12.1. The highest BCUT2D eigenvalue weighted by atomic mass is 16.2. The van der Waals surface area contributed by atoms with Crippen molar-refractivity contribution in [1.82, 2.24) is 10.2 Å². The van der Waals surface area contributed by atoms with E-state index in [0.717, 1.165) is 5.56 Å². The van der Waals surface area contributed by atoms with Gasteiger partial charge in [-0.25, -0.2) is 0 Å². The minimum atomic E-state index is -0.184. The predicted octanol–water partition coefficient (Wildman–Crippen LogP) is 2.36. The molecule has 0 aliphatic carbocycles. The second kappa shape index (κ2) is 7.52. The number of hydrogen-bond donors (Lipinski definition) is 1. The maximum Gasteiger partial charge on any atom is 0.261 e. The van der Waals surface area contributed by atoms with Gasteiger partial charge in [0.15, 0.2) is 0 Å². The monoisotopic (exact) mass is 296 g/mol. The topological polar surface area (TPSA) is 49.4 Å². The summed E-state index contributed by atoms with van der Waals surface area (Å²) in [4.78, 5) is 25.6. The van der Waals surface area contributed by atoms with E-state index < -0.39 is 0 Å². The average Bonchev–Trinajstić information content (AvgIpc) is 2.79. The maximum atomic E-state index is 12.1. The Labute approximate surface area is 130 Å². The number of carbonyl (C=O) groups excluding carboxylic acids is 2. The first-order chi connectivity index (χ1) is 10.7. The van der Waals surface area contributed by atoms with E-state index in [0.29, 0.717) is 24.1 Å². The number of rotatable bonds is 3. The van der Waals surface area contributed by atoms with Crippen LogP contribution in [0, 0.1) is 0 Å². The van der Waals surface area contributed by atoms with E-state index in [2.05, 4.69) is 5.32 Å². The van der Waals surface area contributed by atoms with Gasteiger partial charge in [-0.15, -0.1) is 0 Å². The molecule has 0 fully saturated rings. The van der Waals surface area contributed by atoms with Crippen LogP contribution in [0.4, 0.5) is 0 Å². The summed E-state index contributed by atoms with van der Waals surface area (Å²) in [6.45, 7) is 0.427. The standard InChI is InChI=1S/C16H13NO2.C2H7N/c18-15-13-8-4-5-9-14(13)16(19)17(15)11-10-12-6-2-1-3-7-12;1-3-2/h1-9H,10-11H2;3H,1-2H3. The quantitative estimate of drug-likeness (QED) is 0.885. The normalized spacial score (nSPS) is 12.7. The van der Waals surface area contributed by atoms with E-state index in [9.17, 15) is 9.59 Å². The van der Waals surface area contributed by atoms with Crippen molar-refractivity contribution in [2.75, 3.05) is 20.6 Å². The molecule has 114 valence electrons. The molecule has 0 bridgehead atoms. The Morgan fingerprint density at radius 3 is 1.77 bits per heavy atom. The Balaban J connectivity index is 0.000000545. The van der Waals surface area contributed by atoms with Crippen LogP contribution in [0.2, 0.25) is 0 Å². The molecular formula is C18H20N2O2. The number of carbonyl (C=O) groups is 2. The first-order valence-electron chi connectivity index (χ1n) is 7.26. The Morgan fingerprint density at radius 2 is 1.27 bits per heavy atom. The zero-order valence-electron chi connectivity index (χ0n) is 12.9. The predicted molar refractivity (Wildman–Crippen MR) is 86.9 cm³/mol. The molecule has 4 nitrogen and oxygen atoms in total. The molecule has 0 radical (unpaired) electrons. The summed E-state index contributed by atoms with van der Waals surface area (Å²) in [5, 5.41) is 2.75. The molecule has 0 saturated carbocycles. The van der Waals surface area contributed by atoms with E-state index >= 15 is 0 Å². The highest BCUT2D eigenvalue weighted by Gasteiger charge is 2.34. The molecular weight excluding hydrogens is 276 g/mol. The van der Waals surface area contributed by atoms with Crippen LogP contribution in [0.25, 0.3) is 0 Å². The van der Waals surface area contributed by atoms with Crippen LogP contribution in [-0.2, 0) is 6.42 Å². The van der Waals surface area contributed by atoms with Gasteiger partial charge in [-0.05, 0) is 38.2 Å². The summed E-state index contributed by atoms with van der Waals surface area (Å²) in [5.74, 6) is -0.368. The lowest BCUT2D eigenvalue weighted by Gasteiger charge is -2.13. The largest absolute Gasteiger partial charge is 0.323 e. The van der Waals surface area contributed by atoms with Gasteiger partial charge in [0, 0.05) is 6.54 Å². The van der Waals surface area contributed by atoms with E-state index in [4.69, 9.17) is 0 Å². The summed E-state index contributed by atoms with van der Waals surface area (Å²) in [6, 6.07) is 16.8. The van der Waals surface area contributed by atoms with Crippen molar-refractivity contribution in [2.24, 2.45) is 0 Å². The molecule has 1 N–H and O–H groups in total. The molecule has 1 aliphatic heterocycles. The summed E-state index contributed by atoms with van der Waals surface area (Å²) in [7, 11) is 3.75. The highest BCUT2D eigenvalue weighted by Crippen LogP contribution is 2.22. The molecule has 2 aromatic carbocycles. The van der Waals surface area contributed by atoms with E-state index in [1.165, 1.54) is 4.90 Å². The van der Waals surface area contributed by atoms with Crippen molar-refractivity contribution in [3.05, 3.63) is 71.3 Å². The Hall–Kier alpha value is -2.46. The Morgan fingerprint density at radius 1 is 0.818 bits per heavy atom. The molecule has 1 heterocycles. The lowest BCUT2D eigenvalue weighted by Crippen LogP contribution is -2.31. The van der Waals surface area contributed by atoms with E-state index in [1.54, 1.807) is 24.3 Å². The van der Waals surface area contributed by atoms with Crippen molar-refractivity contribution in [3.63, 3.8) is 0 Å². The molecule has 4 heteroatoms. The second-order valence-corrected chi connectivity index (χ2v) is 5.04. The zero-order chi connectivity index (χ0) is 15.9. The first-order valence-corrected chi connectivity index (χ1v) is 7.26. The summed E-state index contributed by atoms with van der Waals surface area (Å²) in [6.07, 6.45) is 0.687. The summed E-state index contributed by atoms with van der Waals surface area (Å²) >= 11 is 0. The lowest BCUT2D eigenvalue weighted by atomic mass is 10.1. The fourth-order valence-corrected chi connectivity index (χ4v) is 2.33. The second-order valence-electron chi connectivity index (χ2n) is 5.04. The molecule has 0 aromatic heterocycles. The van der Waals surface area contributed by atoms with Crippen LogP contribution >= 0.6 is 0 Å². The smallest absolute Gasteiger partial charge is 0.261 e. The minimum Gasteiger partial charge on any atom is -0.323 e. The fourth-order valence-electron chi connectivity index (χ4n) is 2.33. The molecule has 0 spiro atoms. The van der Waals surface area contributed by atoms with Crippen LogP contribution in [0.15, 0.2) is 54.6 Å². The van der Waals surface area contributed by atoms with Gasteiger partial charge in [0.2, 0.25) is 0 Å². The Bertz CT molecular complexity index is 618. The SMILES string of the molecule is CNC.O=C1c2ccccc2C(=O)N1CCc1ccccc1. The van der Waals surface area contributed by atoms with Crippen LogP contribution in [0.5, 0.6) is 0 Å². The van der Waals surface area contributed by atoms with Crippen LogP contribution < -0.4 is 5.32 Å². The number of nitrogens with zero attached hydrogens (tertiary/aromatic N) is 1. The van der Waals surface area contributed by atoms with Crippen LogP contribution in [-0.4, -0.2) is 37.4 Å². The van der Waals surface area contributed by atoms with Crippen LogP contribution in [0.1, 0.15) is 26.3 Å². The summed E-state index contributed by atoms with van der Waals surface area (Å²) in [5.41, 5.74) is 2.15. The van der Waals surface area contributed by atoms with Gasteiger partial charge in [0.25, 0.3) is 11.8 Å². The number of benzene rings is 2. The van der Waals surface area contributed by atoms with Gasteiger partial charge in [-0.1, -0.05) is 42.5 Å². The van der Waals surface area contributed by atoms with Gasteiger partial charge in [0.05, 0.1) is 11.1 Å². The summed E-state index contributed by atoms with van der Waals surface area (Å²) < 4.78 is 0. The van der Waals surface area contributed by atoms with Gasteiger partial charge >= 0.3 is 0 Å². The van der Waals surface area contributed by atoms with Crippen molar-refractivity contribution in [3.8, 4) is 0 Å². The third kappa shape index (κ3) is 3.40. The van der Waals surface area contributed by atoms with Gasteiger partial charge in [-0.2, -0.15) is 0 Å². The zero-order valence-corrected chi connectivity index (χ0v) is 12.9. The number of hydrogen-bond acceptors (Lipinski definition) is 3.